The second-order valence-corrected chi connectivity index (χ2v) is 3.31. The Hall–Kier alpha value is -2.04. The number of carbonyl (C=O) groups excluding carboxylic acids is 2. The third-order valence-electron chi connectivity index (χ3n) is 1.93. The molecule has 0 aliphatic rings. The minimum atomic E-state index is -0.901. The van der Waals surface area contributed by atoms with E-state index < -0.39 is 18.2 Å². The van der Waals surface area contributed by atoms with E-state index in [9.17, 15) is 9.59 Å². The molecule has 0 aromatic heterocycles. The number of hydrogen-bond donors (Lipinski definition) is 0. The van der Waals surface area contributed by atoms with Crippen molar-refractivity contribution in [2.24, 2.45) is 0 Å². The van der Waals surface area contributed by atoms with Crippen molar-refractivity contribution >= 4 is 11.9 Å². The van der Waals surface area contributed by atoms with Gasteiger partial charge in [-0.3, -0.25) is 4.79 Å². The zero-order valence-corrected chi connectivity index (χ0v) is 9.93. The smallest absolute Gasteiger partial charge is 0.341 e. The molecule has 1 unspecified atom stereocenters. The second kappa shape index (κ2) is 5.89. The normalized spacial score (nSPS) is 11.5. The summed E-state index contributed by atoms with van der Waals surface area (Å²) in [5.41, 5.74) is 0.366. The molecule has 92 valence electrons. The minimum absolute atomic E-state index is 0.366. The lowest BCUT2D eigenvalue weighted by Crippen LogP contribution is -2.20. The van der Waals surface area contributed by atoms with E-state index in [1.54, 1.807) is 24.3 Å². The van der Waals surface area contributed by atoms with Gasteiger partial charge in [0.2, 0.25) is 6.29 Å². The molecule has 0 N–H and O–H groups in total. The summed E-state index contributed by atoms with van der Waals surface area (Å²) in [5.74, 6) is -0.406. The maximum Gasteiger partial charge on any atom is 0.341 e. The lowest BCUT2D eigenvalue weighted by molar-refractivity contribution is -0.162. The Morgan fingerprint density at radius 1 is 1.12 bits per heavy atom. The van der Waals surface area contributed by atoms with Crippen LogP contribution in [0.25, 0.3) is 0 Å². The number of rotatable bonds is 4. The lowest BCUT2D eigenvalue weighted by atomic mass is 10.2. The third-order valence-corrected chi connectivity index (χ3v) is 1.93. The highest BCUT2D eigenvalue weighted by atomic mass is 16.7. The van der Waals surface area contributed by atoms with Gasteiger partial charge in [0.25, 0.3) is 0 Å². The summed E-state index contributed by atoms with van der Waals surface area (Å²) in [6.07, 6.45) is -0.901. The van der Waals surface area contributed by atoms with Crippen molar-refractivity contribution in [3.63, 3.8) is 0 Å². The fourth-order valence-corrected chi connectivity index (χ4v) is 1.20. The molecule has 0 aliphatic heterocycles. The van der Waals surface area contributed by atoms with Gasteiger partial charge in [-0.15, -0.1) is 0 Å². The van der Waals surface area contributed by atoms with E-state index in [4.69, 9.17) is 9.47 Å². The van der Waals surface area contributed by atoms with Crippen LogP contribution in [-0.4, -0.2) is 25.3 Å². The van der Waals surface area contributed by atoms with E-state index in [1.807, 2.05) is 0 Å². The Morgan fingerprint density at radius 2 is 1.71 bits per heavy atom. The van der Waals surface area contributed by atoms with Gasteiger partial charge in [0.05, 0.1) is 12.7 Å². The summed E-state index contributed by atoms with van der Waals surface area (Å²) in [6, 6.07) is 6.43. The number of ether oxygens (including phenoxy) is 3. The minimum Gasteiger partial charge on any atom is -0.497 e. The summed E-state index contributed by atoms with van der Waals surface area (Å²) in [6.45, 7) is 2.72. The van der Waals surface area contributed by atoms with Crippen LogP contribution in [0.5, 0.6) is 5.75 Å². The van der Waals surface area contributed by atoms with E-state index >= 15 is 0 Å². The Bertz CT molecular complexity index is 396. The molecule has 1 atom stereocenters. The molecule has 0 saturated carbocycles. The molecule has 5 heteroatoms. The zero-order chi connectivity index (χ0) is 12.8. The Balaban J connectivity index is 2.60. The van der Waals surface area contributed by atoms with Crippen LogP contribution in [-0.2, 0) is 14.3 Å². The van der Waals surface area contributed by atoms with Crippen molar-refractivity contribution in [1.29, 1.82) is 0 Å². The van der Waals surface area contributed by atoms with Crippen molar-refractivity contribution in [3.8, 4) is 5.75 Å². The molecular formula is C12H14O5. The number of methoxy groups -OCH3 is 1. The molecular weight excluding hydrogens is 224 g/mol. The summed E-state index contributed by atoms with van der Waals surface area (Å²) in [5, 5.41) is 0. The van der Waals surface area contributed by atoms with Crippen molar-refractivity contribution in [1.82, 2.24) is 0 Å². The summed E-state index contributed by atoms with van der Waals surface area (Å²) >= 11 is 0. The highest BCUT2D eigenvalue weighted by Crippen LogP contribution is 2.12. The Kier molecular flexibility index (Phi) is 4.51. The molecule has 0 radical (unpaired) electrons. The molecule has 17 heavy (non-hydrogen) atoms. The van der Waals surface area contributed by atoms with Crippen molar-refractivity contribution in [2.75, 3.05) is 7.11 Å². The highest BCUT2D eigenvalue weighted by molar-refractivity contribution is 5.89. The standard InChI is InChI=1S/C12H14O5/c1-8(13)16-9(2)17-12(14)10-4-6-11(15-3)7-5-10/h4-7,9H,1-3H3. The monoisotopic (exact) mass is 238 g/mol. The van der Waals surface area contributed by atoms with Crippen LogP contribution in [0.15, 0.2) is 24.3 Å². The quantitative estimate of drug-likeness (QED) is 0.590. The predicted octanol–water partition coefficient (Wildman–Crippen LogP) is 1.76. The molecule has 0 amide bonds. The van der Waals surface area contributed by atoms with Gasteiger partial charge in [0.1, 0.15) is 5.75 Å². The van der Waals surface area contributed by atoms with Crippen LogP contribution in [0.2, 0.25) is 0 Å². The number of esters is 2. The maximum absolute atomic E-state index is 11.6. The van der Waals surface area contributed by atoms with Crippen LogP contribution in [0.3, 0.4) is 0 Å². The first-order valence-electron chi connectivity index (χ1n) is 5.05. The van der Waals surface area contributed by atoms with Crippen LogP contribution >= 0.6 is 0 Å². The van der Waals surface area contributed by atoms with Crippen LogP contribution in [0, 0.1) is 0 Å². The Labute approximate surface area is 99.3 Å². The van der Waals surface area contributed by atoms with Gasteiger partial charge < -0.3 is 14.2 Å². The zero-order valence-electron chi connectivity index (χ0n) is 9.93. The fourth-order valence-electron chi connectivity index (χ4n) is 1.20. The molecule has 1 rings (SSSR count). The fraction of sp³-hybridized carbons (Fsp3) is 0.333. The first-order chi connectivity index (χ1) is 8.02. The molecule has 0 bridgehead atoms. The predicted molar refractivity (Wildman–Crippen MR) is 59.6 cm³/mol. The summed E-state index contributed by atoms with van der Waals surface area (Å²) in [7, 11) is 1.54. The topological polar surface area (TPSA) is 61.8 Å². The van der Waals surface area contributed by atoms with Crippen LogP contribution in [0.4, 0.5) is 0 Å². The van der Waals surface area contributed by atoms with Gasteiger partial charge in [-0.2, -0.15) is 0 Å². The molecule has 0 aliphatic carbocycles. The first-order valence-corrected chi connectivity index (χ1v) is 5.05. The van der Waals surface area contributed by atoms with Gasteiger partial charge in [0, 0.05) is 13.8 Å². The van der Waals surface area contributed by atoms with Gasteiger partial charge >= 0.3 is 11.9 Å². The molecule has 0 spiro atoms. The molecule has 0 heterocycles. The van der Waals surface area contributed by atoms with E-state index in [2.05, 4.69) is 4.74 Å². The van der Waals surface area contributed by atoms with Crippen LogP contribution in [0.1, 0.15) is 24.2 Å². The third kappa shape index (κ3) is 4.14. The van der Waals surface area contributed by atoms with E-state index in [0.29, 0.717) is 11.3 Å². The van der Waals surface area contributed by atoms with Crippen molar-refractivity contribution in [2.45, 2.75) is 20.1 Å². The first kappa shape index (κ1) is 13.0. The van der Waals surface area contributed by atoms with Crippen molar-refractivity contribution in [3.05, 3.63) is 29.8 Å². The molecule has 1 aromatic rings. The largest absolute Gasteiger partial charge is 0.497 e. The maximum atomic E-state index is 11.6. The molecule has 1 aromatic carbocycles. The average Bonchev–Trinajstić information content (AvgIpc) is 2.28. The summed E-state index contributed by atoms with van der Waals surface area (Å²) in [4.78, 5) is 22.2. The highest BCUT2D eigenvalue weighted by Gasteiger charge is 2.13. The molecule has 0 saturated heterocycles. The molecule has 0 fully saturated rings. The SMILES string of the molecule is COc1ccc(C(=O)OC(C)OC(C)=O)cc1. The number of hydrogen-bond acceptors (Lipinski definition) is 5. The summed E-state index contributed by atoms with van der Waals surface area (Å²) < 4.78 is 14.5. The number of carbonyl (C=O) groups is 2. The van der Waals surface area contributed by atoms with Gasteiger partial charge in [-0.1, -0.05) is 0 Å². The lowest BCUT2D eigenvalue weighted by Gasteiger charge is -2.12. The average molecular weight is 238 g/mol. The second-order valence-electron chi connectivity index (χ2n) is 3.31. The van der Waals surface area contributed by atoms with Gasteiger partial charge in [-0.25, -0.2) is 4.79 Å². The van der Waals surface area contributed by atoms with Crippen LogP contribution < -0.4 is 4.74 Å². The Morgan fingerprint density at radius 3 is 2.18 bits per heavy atom. The van der Waals surface area contributed by atoms with Gasteiger partial charge in [0.15, 0.2) is 0 Å². The number of benzene rings is 1. The van der Waals surface area contributed by atoms with Gasteiger partial charge in [-0.05, 0) is 24.3 Å². The van der Waals surface area contributed by atoms with Crippen molar-refractivity contribution < 1.29 is 23.8 Å². The van der Waals surface area contributed by atoms with E-state index in [0.717, 1.165) is 0 Å². The molecule has 5 nitrogen and oxygen atoms in total. The van der Waals surface area contributed by atoms with E-state index in [1.165, 1.54) is 21.0 Å². The van der Waals surface area contributed by atoms with E-state index in [-0.39, 0.29) is 0 Å².